The summed E-state index contributed by atoms with van der Waals surface area (Å²) in [5, 5.41) is 2.91. The van der Waals surface area contributed by atoms with Crippen LogP contribution in [0.15, 0.2) is 0 Å². The highest BCUT2D eigenvalue weighted by Gasteiger charge is 2.21. The molecule has 0 saturated carbocycles. The average molecular weight is 214 g/mol. The molecule has 0 saturated heterocycles. The van der Waals surface area contributed by atoms with Crippen molar-refractivity contribution in [2.24, 2.45) is 0 Å². The molecule has 12 heavy (non-hydrogen) atoms. The Bertz CT molecular complexity index is 153. The number of hydrogen-bond acceptors (Lipinski definition) is 2. The fourth-order valence-corrected chi connectivity index (χ4v) is 3.31. The molecule has 0 aliphatic rings. The summed E-state index contributed by atoms with van der Waals surface area (Å²) in [7, 11) is -2.66. The minimum atomic E-state index is -2.66. The summed E-state index contributed by atoms with van der Waals surface area (Å²) in [6, 6.07) is 0.158. The standard InChI is InChI=1S/C7H17ClNO2P/c1-4-11-12(10,6-5-8)9-7(2)3/h7H,4-6H2,1-3H3,(H,9,10). The number of alkyl halides is 1. The third-order valence-corrected chi connectivity index (χ3v) is 4.02. The molecule has 3 nitrogen and oxygen atoms in total. The predicted molar refractivity (Wildman–Crippen MR) is 53.1 cm³/mol. The lowest BCUT2D eigenvalue weighted by Gasteiger charge is -2.20. The van der Waals surface area contributed by atoms with Gasteiger partial charge in [0, 0.05) is 11.9 Å². The molecule has 0 heterocycles. The van der Waals surface area contributed by atoms with Gasteiger partial charge in [-0.2, -0.15) is 0 Å². The highest BCUT2D eigenvalue weighted by molar-refractivity contribution is 7.57. The zero-order valence-corrected chi connectivity index (χ0v) is 9.49. The first-order chi connectivity index (χ1) is 5.54. The summed E-state index contributed by atoms with van der Waals surface area (Å²) in [6.07, 6.45) is 0.389. The van der Waals surface area contributed by atoms with Crippen LogP contribution in [0.4, 0.5) is 0 Å². The molecule has 0 spiro atoms. The van der Waals surface area contributed by atoms with E-state index in [-0.39, 0.29) is 6.04 Å². The fraction of sp³-hybridized carbons (Fsp3) is 1.00. The van der Waals surface area contributed by atoms with E-state index in [9.17, 15) is 4.57 Å². The van der Waals surface area contributed by atoms with E-state index < -0.39 is 7.52 Å². The van der Waals surface area contributed by atoms with Crippen LogP contribution in [0.5, 0.6) is 0 Å². The predicted octanol–water partition coefficient (Wildman–Crippen LogP) is 2.45. The quantitative estimate of drug-likeness (QED) is 0.544. The molecular formula is C7H17ClNO2P. The van der Waals surface area contributed by atoms with E-state index in [2.05, 4.69) is 5.09 Å². The zero-order chi connectivity index (χ0) is 9.61. The Morgan fingerprint density at radius 1 is 1.58 bits per heavy atom. The van der Waals surface area contributed by atoms with Crippen molar-refractivity contribution in [1.29, 1.82) is 0 Å². The van der Waals surface area contributed by atoms with E-state index in [0.717, 1.165) is 0 Å². The Hall–Kier alpha value is 0.440. The third-order valence-electron chi connectivity index (χ3n) is 1.17. The third kappa shape index (κ3) is 5.15. The summed E-state index contributed by atoms with van der Waals surface area (Å²) in [4.78, 5) is 0. The van der Waals surface area contributed by atoms with Gasteiger partial charge in [0.2, 0.25) is 0 Å². The van der Waals surface area contributed by atoms with E-state index >= 15 is 0 Å². The normalized spacial score (nSPS) is 16.4. The van der Waals surface area contributed by atoms with Crippen molar-refractivity contribution in [3.05, 3.63) is 0 Å². The van der Waals surface area contributed by atoms with Crippen molar-refractivity contribution >= 4 is 19.1 Å². The molecule has 0 bridgehead atoms. The van der Waals surface area contributed by atoms with Crippen LogP contribution in [0.2, 0.25) is 0 Å². The Morgan fingerprint density at radius 3 is 2.50 bits per heavy atom. The molecule has 1 atom stereocenters. The van der Waals surface area contributed by atoms with E-state index in [0.29, 0.717) is 18.6 Å². The number of nitrogens with one attached hydrogen (secondary N) is 1. The van der Waals surface area contributed by atoms with Crippen molar-refractivity contribution in [3.63, 3.8) is 0 Å². The SMILES string of the molecule is CCOP(=O)(CCCl)NC(C)C. The lowest BCUT2D eigenvalue weighted by atomic mass is 10.4. The molecule has 0 aliphatic carbocycles. The van der Waals surface area contributed by atoms with Gasteiger partial charge < -0.3 is 4.52 Å². The van der Waals surface area contributed by atoms with Crippen LogP contribution in [0.3, 0.4) is 0 Å². The van der Waals surface area contributed by atoms with Gasteiger partial charge in [-0.1, -0.05) is 0 Å². The molecule has 0 amide bonds. The molecule has 1 unspecified atom stereocenters. The summed E-state index contributed by atoms with van der Waals surface area (Å²) in [6.45, 7) is 6.14. The van der Waals surface area contributed by atoms with Crippen LogP contribution in [0.25, 0.3) is 0 Å². The number of rotatable bonds is 6. The van der Waals surface area contributed by atoms with Crippen LogP contribution < -0.4 is 5.09 Å². The van der Waals surface area contributed by atoms with Gasteiger partial charge in [0.05, 0.1) is 12.8 Å². The van der Waals surface area contributed by atoms with Crippen molar-refractivity contribution in [3.8, 4) is 0 Å². The first kappa shape index (κ1) is 12.4. The van der Waals surface area contributed by atoms with Gasteiger partial charge in [-0.05, 0) is 20.8 Å². The Balaban J connectivity index is 4.08. The van der Waals surface area contributed by atoms with Crippen molar-refractivity contribution < 1.29 is 9.09 Å². The van der Waals surface area contributed by atoms with Crippen LogP contribution in [0, 0.1) is 0 Å². The maximum atomic E-state index is 11.8. The van der Waals surface area contributed by atoms with Crippen LogP contribution in [0.1, 0.15) is 20.8 Å². The van der Waals surface area contributed by atoms with Gasteiger partial charge in [-0.25, -0.2) is 5.09 Å². The van der Waals surface area contributed by atoms with Gasteiger partial charge in [-0.3, -0.25) is 4.57 Å². The zero-order valence-electron chi connectivity index (χ0n) is 7.84. The van der Waals surface area contributed by atoms with E-state index in [1.807, 2.05) is 20.8 Å². The fourth-order valence-electron chi connectivity index (χ4n) is 0.880. The first-order valence-corrected chi connectivity index (χ1v) is 6.46. The molecule has 5 heteroatoms. The van der Waals surface area contributed by atoms with Gasteiger partial charge in [-0.15, -0.1) is 11.6 Å². The molecule has 0 aliphatic heterocycles. The molecule has 0 aromatic heterocycles. The molecule has 0 fully saturated rings. The summed E-state index contributed by atoms with van der Waals surface area (Å²) < 4.78 is 16.9. The largest absolute Gasteiger partial charge is 0.318 e. The Labute approximate surface area is 79.3 Å². The smallest absolute Gasteiger partial charge is 0.271 e. The second-order valence-electron chi connectivity index (χ2n) is 2.79. The first-order valence-electron chi connectivity index (χ1n) is 4.11. The molecular weight excluding hydrogens is 197 g/mol. The van der Waals surface area contributed by atoms with Gasteiger partial charge >= 0.3 is 0 Å². The lowest BCUT2D eigenvalue weighted by molar-refractivity contribution is 0.322. The molecule has 74 valence electrons. The number of halogens is 1. The lowest BCUT2D eigenvalue weighted by Crippen LogP contribution is -2.23. The molecule has 0 aromatic rings. The minimum absolute atomic E-state index is 0.158. The number of hydrogen-bond donors (Lipinski definition) is 1. The van der Waals surface area contributed by atoms with Crippen molar-refractivity contribution in [1.82, 2.24) is 5.09 Å². The van der Waals surface area contributed by atoms with E-state index in [1.165, 1.54) is 0 Å². The average Bonchev–Trinajstić information content (AvgIpc) is 1.85. The Kier molecular flexibility index (Phi) is 6.20. The Morgan fingerprint density at radius 2 is 2.17 bits per heavy atom. The minimum Gasteiger partial charge on any atom is -0.318 e. The maximum absolute atomic E-state index is 11.8. The highest BCUT2D eigenvalue weighted by Crippen LogP contribution is 2.42. The van der Waals surface area contributed by atoms with Gasteiger partial charge in [0.25, 0.3) is 7.52 Å². The monoisotopic (exact) mass is 213 g/mol. The molecule has 0 rings (SSSR count). The van der Waals surface area contributed by atoms with Gasteiger partial charge in [0.15, 0.2) is 0 Å². The molecule has 0 radical (unpaired) electrons. The summed E-state index contributed by atoms with van der Waals surface area (Å²) >= 11 is 5.51. The van der Waals surface area contributed by atoms with Crippen LogP contribution in [-0.4, -0.2) is 24.7 Å². The van der Waals surface area contributed by atoms with E-state index in [1.54, 1.807) is 0 Å². The summed E-state index contributed by atoms with van der Waals surface area (Å²) in [5.74, 6) is 0.358. The highest BCUT2D eigenvalue weighted by atomic mass is 35.5. The summed E-state index contributed by atoms with van der Waals surface area (Å²) in [5.41, 5.74) is 0. The topological polar surface area (TPSA) is 38.3 Å². The second-order valence-corrected chi connectivity index (χ2v) is 5.48. The molecule has 0 aromatic carbocycles. The maximum Gasteiger partial charge on any atom is 0.271 e. The molecule has 1 N–H and O–H groups in total. The van der Waals surface area contributed by atoms with Crippen molar-refractivity contribution in [2.75, 3.05) is 18.6 Å². The van der Waals surface area contributed by atoms with Gasteiger partial charge in [0.1, 0.15) is 0 Å². The van der Waals surface area contributed by atoms with Crippen LogP contribution >= 0.6 is 19.1 Å². The van der Waals surface area contributed by atoms with E-state index in [4.69, 9.17) is 16.1 Å². The second kappa shape index (κ2) is 5.98. The van der Waals surface area contributed by atoms with Crippen LogP contribution in [-0.2, 0) is 9.09 Å². The van der Waals surface area contributed by atoms with Crippen molar-refractivity contribution in [2.45, 2.75) is 26.8 Å².